The largest absolute Gasteiger partial charge is 0.507 e. The summed E-state index contributed by atoms with van der Waals surface area (Å²) in [7, 11) is 2.94. The minimum atomic E-state index is -0.587. The number of benzene rings is 3. The van der Waals surface area contributed by atoms with E-state index in [0.717, 1.165) is 0 Å². The zero-order chi connectivity index (χ0) is 24.0. The summed E-state index contributed by atoms with van der Waals surface area (Å²) in [6.45, 7) is 0. The molecule has 172 valence electrons. The van der Waals surface area contributed by atoms with Crippen LogP contribution in [0.1, 0.15) is 23.5 Å². The summed E-state index contributed by atoms with van der Waals surface area (Å²) in [6, 6.07) is 13.0. The van der Waals surface area contributed by atoms with E-state index in [0.29, 0.717) is 22.4 Å². The van der Waals surface area contributed by atoms with Gasteiger partial charge in [0.2, 0.25) is 5.43 Å². The van der Waals surface area contributed by atoms with Crippen molar-refractivity contribution in [1.29, 1.82) is 0 Å². The van der Waals surface area contributed by atoms with Crippen LogP contribution in [0, 0.1) is 0 Å². The molecule has 0 fully saturated rings. The molecule has 8 nitrogen and oxygen atoms in total. The van der Waals surface area contributed by atoms with Gasteiger partial charge in [0.1, 0.15) is 34.5 Å². The summed E-state index contributed by atoms with van der Waals surface area (Å²) in [5.41, 5.74) is 1.40. The van der Waals surface area contributed by atoms with E-state index in [1.54, 1.807) is 36.4 Å². The third-order valence-corrected chi connectivity index (χ3v) is 5.97. The van der Waals surface area contributed by atoms with E-state index < -0.39 is 17.3 Å². The Morgan fingerprint density at radius 1 is 0.912 bits per heavy atom. The number of aromatic hydroxyl groups is 2. The van der Waals surface area contributed by atoms with Gasteiger partial charge in [0.15, 0.2) is 11.5 Å². The number of ether oxygens (including phenoxy) is 3. The molecule has 0 unspecified atom stereocenters. The molecule has 0 radical (unpaired) electrons. The number of esters is 1. The molecule has 1 atom stereocenters. The SMILES string of the molecule is COc1ccc([C@@H]2CC(=O)Oc3cc(O)c4c(=O)c(-c5ccccc5OC)coc4c32)cc1O. The van der Waals surface area contributed by atoms with Crippen LogP contribution in [-0.4, -0.2) is 30.4 Å². The van der Waals surface area contributed by atoms with Gasteiger partial charge in [-0.2, -0.15) is 0 Å². The molecular weight excluding hydrogens is 440 g/mol. The monoisotopic (exact) mass is 460 g/mol. The van der Waals surface area contributed by atoms with Crippen molar-refractivity contribution in [1.82, 2.24) is 0 Å². The Labute approximate surface area is 193 Å². The van der Waals surface area contributed by atoms with E-state index >= 15 is 0 Å². The predicted molar refractivity (Wildman–Crippen MR) is 123 cm³/mol. The van der Waals surface area contributed by atoms with Crippen molar-refractivity contribution in [3.8, 4) is 39.9 Å². The smallest absolute Gasteiger partial charge is 0.312 e. The van der Waals surface area contributed by atoms with E-state index in [4.69, 9.17) is 18.6 Å². The number of rotatable bonds is 4. The van der Waals surface area contributed by atoms with E-state index in [9.17, 15) is 19.8 Å². The fourth-order valence-electron chi connectivity index (χ4n) is 4.39. The molecule has 2 heterocycles. The van der Waals surface area contributed by atoms with Crippen molar-refractivity contribution in [2.75, 3.05) is 14.2 Å². The molecule has 1 aliphatic rings. The molecule has 0 saturated heterocycles. The zero-order valence-corrected chi connectivity index (χ0v) is 18.3. The van der Waals surface area contributed by atoms with Gasteiger partial charge in [0.25, 0.3) is 0 Å². The van der Waals surface area contributed by atoms with Crippen LogP contribution < -0.4 is 19.6 Å². The molecule has 0 bridgehead atoms. The van der Waals surface area contributed by atoms with E-state index in [-0.39, 0.29) is 46.0 Å². The van der Waals surface area contributed by atoms with Crippen LogP contribution in [0.4, 0.5) is 0 Å². The van der Waals surface area contributed by atoms with E-state index in [1.807, 2.05) is 0 Å². The maximum atomic E-state index is 13.5. The first-order chi connectivity index (χ1) is 16.4. The van der Waals surface area contributed by atoms with Crippen LogP contribution in [0.25, 0.3) is 22.1 Å². The van der Waals surface area contributed by atoms with Gasteiger partial charge in [-0.15, -0.1) is 0 Å². The highest BCUT2D eigenvalue weighted by atomic mass is 16.5. The topological polar surface area (TPSA) is 115 Å². The maximum Gasteiger partial charge on any atom is 0.312 e. The molecule has 0 amide bonds. The third-order valence-electron chi connectivity index (χ3n) is 5.97. The summed E-state index contributed by atoms with van der Waals surface area (Å²) in [4.78, 5) is 25.9. The first kappa shape index (κ1) is 21.4. The fourth-order valence-corrected chi connectivity index (χ4v) is 4.39. The summed E-state index contributed by atoms with van der Waals surface area (Å²) in [6.07, 6.45) is 1.26. The summed E-state index contributed by atoms with van der Waals surface area (Å²) in [5.74, 6) is -0.711. The Kier molecular flexibility index (Phi) is 5.13. The molecule has 8 heteroatoms. The second kappa shape index (κ2) is 8.15. The van der Waals surface area contributed by atoms with Gasteiger partial charge in [-0.25, -0.2) is 0 Å². The lowest BCUT2D eigenvalue weighted by molar-refractivity contribution is -0.135. The first-order valence-corrected chi connectivity index (χ1v) is 10.4. The Balaban J connectivity index is 1.77. The highest BCUT2D eigenvalue weighted by molar-refractivity contribution is 5.94. The van der Waals surface area contributed by atoms with E-state index in [2.05, 4.69) is 0 Å². The number of methoxy groups -OCH3 is 2. The summed E-state index contributed by atoms with van der Waals surface area (Å²) < 4.78 is 21.8. The number of phenols is 2. The number of carbonyl (C=O) groups is 1. The van der Waals surface area contributed by atoms with Gasteiger partial charge in [-0.3, -0.25) is 9.59 Å². The number of carbonyl (C=O) groups excluding carboxylic acids is 1. The molecule has 4 aromatic rings. The molecule has 2 N–H and O–H groups in total. The molecule has 5 rings (SSSR count). The Morgan fingerprint density at radius 3 is 2.41 bits per heavy atom. The van der Waals surface area contributed by atoms with Gasteiger partial charge in [-0.1, -0.05) is 24.3 Å². The van der Waals surface area contributed by atoms with Crippen molar-refractivity contribution < 1.29 is 33.6 Å². The number of phenolic OH excluding ortho intramolecular Hbond substituents is 2. The lowest BCUT2D eigenvalue weighted by Gasteiger charge is -2.26. The maximum absolute atomic E-state index is 13.5. The third kappa shape index (κ3) is 3.31. The van der Waals surface area contributed by atoms with Crippen LogP contribution in [0.3, 0.4) is 0 Å². The fraction of sp³-hybridized carbons (Fsp3) is 0.154. The van der Waals surface area contributed by atoms with Crippen LogP contribution in [0.2, 0.25) is 0 Å². The first-order valence-electron chi connectivity index (χ1n) is 10.4. The van der Waals surface area contributed by atoms with Crippen LogP contribution in [0.15, 0.2) is 64.0 Å². The molecular formula is C26H20O8. The van der Waals surface area contributed by atoms with Gasteiger partial charge in [0, 0.05) is 23.1 Å². The molecule has 0 saturated carbocycles. The Bertz CT molecular complexity index is 1500. The molecule has 1 aromatic heterocycles. The highest BCUT2D eigenvalue weighted by Gasteiger charge is 2.34. The van der Waals surface area contributed by atoms with Gasteiger partial charge in [0.05, 0.1) is 26.2 Å². The minimum Gasteiger partial charge on any atom is -0.507 e. The average molecular weight is 460 g/mol. The Morgan fingerprint density at radius 2 is 1.68 bits per heavy atom. The average Bonchev–Trinajstić information content (AvgIpc) is 2.83. The van der Waals surface area contributed by atoms with Crippen LogP contribution in [-0.2, 0) is 4.79 Å². The molecule has 34 heavy (non-hydrogen) atoms. The van der Waals surface area contributed by atoms with E-state index in [1.165, 1.54) is 32.6 Å². The standard InChI is InChI=1S/C26H20O8/c1-31-19-6-4-3-5-14(19)16-12-33-26-23-15(13-7-8-20(32-2)17(27)9-13)10-22(29)34-21(23)11-18(28)24(26)25(16)30/h3-9,11-12,15,27-28H,10H2,1-2H3/t15-/m0/s1. The van der Waals surface area contributed by atoms with Crippen LogP contribution in [0.5, 0.6) is 28.7 Å². The van der Waals surface area contributed by atoms with Crippen molar-refractivity contribution in [3.63, 3.8) is 0 Å². The molecule has 0 spiro atoms. The number of hydrogen-bond acceptors (Lipinski definition) is 8. The summed E-state index contributed by atoms with van der Waals surface area (Å²) in [5, 5.41) is 21.0. The molecule has 1 aliphatic heterocycles. The predicted octanol–water partition coefficient (Wildman–Crippen LogP) is 4.33. The lowest BCUT2D eigenvalue weighted by Crippen LogP contribution is -2.22. The van der Waals surface area contributed by atoms with Crippen molar-refractivity contribution >= 4 is 16.9 Å². The zero-order valence-electron chi connectivity index (χ0n) is 18.3. The quantitative estimate of drug-likeness (QED) is 0.342. The number of para-hydroxylation sites is 1. The van der Waals surface area contributed by atoms with Gasteiger partial charge in [-0.05, 0) is 23.8 Å². The Hall–Kier alpha value is -4.46. The second-order valence-electron chi connectivity index (χ2n) is 7.85. The highest BCUT2D eigenvalue weighted by Crippen LogP contribution is 2.46. The van der Waals surface area contributed by atoms with Gasteiger partial charge >= 0.3 is 5.97 Å². The lowest BCUT2D eigenvalue weighted by atomic mass is 9.84. The molecule has 0 aliphatic carbocycles. The second-order valence-corrected chi connectivity index (χ2v) is 7.85. The molecule has 3 aromatic carbocycles. The minimum absolute atomic E-state index is 0.0390. The van der Waals surface area contributed by atoms with Gasteiger partial charge < -0.3 is 28.8 Å². The van der Waals surface area contributed by atoms with Crippen LogP contribution >= 0.6 is 0 Å². The van der Waals surface area contributed by atoms with Crippen molar-refractivity contribution in [2.24, 2.45) is 0 Å². The van der Waals surface area contributed by atoms with Crippen molar-refractivity contribution in [2.45, 2.75) is 12.3 Å². The summed E-state index contributed by atoms with van der Waals surface area (Å²) >= 11 is 0. The number of hydrogen-bond donors (Lipinski definition) is 2. The normalized spacial score (nSPS) is 15.0. The van der Waals surface area contributed by atoms with Crippen molar-refractivity contribution in [3.05, 3.63) is 76.1 Å². The number of fused-ring (bicyclic) bond motifs is 3.